The lowest BCUT2D eigenvalue weighted by Gasteiger charge is -2.29. The van der Waals surface area contributed by atoms with Crippen LogP contribution < -0.4 is 26.6 Å². The molecule has 0 aliphatic rings. The molecule has 5 aromatic carbocycles. The number of alkyl carbamates (subject to hydrolysis) is 3. The first-order chi connectivity index (χ1) is 48.9. The molecule has 0 aliphatic carbocycles. The van der Waals surface area contributed by atoms with Crippen molar-refractivity contribution in [3.05, 3.63) is 179 Å². The molecule has 0 fully saturated rings. The van der Waals surface area contributed by atoms with Crippen molar-refractivity contribution in [2.45, 2.75) is 215 Å². The molecule has 0 saturated heterocycles. The molecule has 576 valence electrons. The highest BCUT2D eigenvalue weighted by Crippen LogP contribution is 2.23. The van der Waals surface area contributed by atoms with Gasteiger partial charge in [-0.3, -0.25) is 28.8 Å². The summed E-state index contributed by atoms with van der Waals surface area (Å²) in [6.45, 7) is 30.6. The Labute approximate surface area is 625 Å². The van der Waals surface area contributed by atoms with E-state index in [0.717, 1.165) is 34.2 Å². The second-order valence-electron chi connectivity index (χ2n) is 29.5. The second kappa shape index (κ2) is 44.9. The van der Waals surface area contributed by atoms with Crippen LogP contribution in [-0.2, 0) is 89.1 Å². The van der Waals surface area contributed by atoms with Crippen LogP contribution in [0.15, 0.2) is 152 Å². The maximum atomic E-state index is 13.8. The number of carbonyl (C=O) groups is 11. The molecule has 0 aliphatic heterocycles. The summed E-state index contributed by atoms with van der Waals surface area (Å²) in [5, 5.41) is 31.5. The zero-order chi connectivity index (χ0) is 79.3. The van der Waals surface area contributed by atoms with Crippen molar-refractivity contribution in [1.29, 1.82) is 0 Å². The predicted octanol–water partition coefficient (Wildman–Crippen LogP) is 12.0. The Morgan fingerprint density at radius 3 is 0.876 bits per heavy atom. The minimum Gasteiger partial charge on any atom is -0.518 e. The largest absolute Gasteiger partial charge is 0.518 e. The average Bonchev–Trinajstić information content (AvgIpc) is 0.855. The number of aliphatic carboxylic acids is 2. The molecular formula is C79H112ClN7O17Si. The van der Waals surface area contributed by atoms with Crippen molar-refractivity contribution in [2.75, 3.05) is 26.2 Å². The van der Waals surface area contributed by atoms with E-state index in [0.29, 0.717) is 12.8 Å². The van der Waals surface area contributed by atoms with E-state index in [-0.39, 0.29) is 68.9 Å². The molecular weight excluding hydrogens is 1380 g/mol. The van der Waals surface area contributed by atoms with Crippen LogP contribution in [0.1, 0.15) is 144 Å². The third-order valence-corrected chi connectivity index (χ3v) is 16.1. The molecule has 0 unspecified atom stereocenters. The molecule has 5 atom stereocenters. The molecule has 7 N–H and O–H groups in total. The molecule has 0 aromatic heterocycles. The minimum absolute atomic E-state index is 0.112. The van der Waals surface area contributed by atoms with Gasteiger partial charge in [0, 0.05) is 50.6 Å². The number of halogens is 1. The molecule has 7 amide bonds. The topological polar surface area (TPSA) is 332 Å². The van der Waals surface area contributed by atoms with E-state index in [1.165, 1.54) is 9.80 Å². The van der Waals surface area contributed by atoms with Crippen LogP contribution in [0.25, 0.3) is 0 Å². The van der Waals surface area contributed by atoms with Gasteiger partial charge in [0.25, 0.3) is 0 Å². The SMILES string of the molecule is CC(C)(C)OC(=O)N[C@@H](Cc1ccccc1)C(=O)O.CCC(C)(C)C(=O)Cl.CCCN(CC(=O)N[C@@H](Cc1ccccc1)C(=O)O)C(=O)[C@H](Cc1ccccc1)NC(=O)OC(C)(C)C.CCCN(CC(=O)N[C@@H](Cc1ccccc1)C(=O)O[Si](C)(C)C)C(=O)[C@H](Cc1ccccc1)NC(=O)OC(C)(C)C. The maximum Gasteiger partial charge on any atom is 0.408 e. The summed E-state index contributed by atoms with van der Waals surface area (Å²) in [5.74, 6) is -4.71. The molecule has 0 radical (unpaired) electrons. The Kier molecular flexibility index (Phi) is 39.1. The van der Waals surface area contributed by atoms with Gasteiger partial charge in [-0.2, -0.15) is 0 Å². The van der Waals surface area contributed by atoms with Gasteiger partial charge in [0.1, 0.15) is 47.0 Å². The number of benzene rings is 5. The number of carboxylic acids is 2. The predicted molar refractivity (Wildman–Crippen MR) is 407 cm³/mol. The van der Waals surface area contributed by atoms with Crippen molar-refractivity contribution in [3.8, 4) is 0 Å². The number of ether oxygens (including phenoxy) is 3. The van der Waals surface area contributed by atoms with Crippen molar-refractivity contribution in [3.63, 3.8) is 0 Å². The number of amides is 7. The van der Waals surface area contributed by atoms with Gasteiger partial charge in [0.2, 0.25) is 37.2 Å². The second-order valence-corrected chi connectivity index (χ2v) is 34.3. The highest BCUT2D eigenvalue weighted by atomic mass is 35.5. The maximum absolute atomic E-state index is 13.8. The number of nitrogens with zero attached hydrogens (tertiary/aromatic N) is 2. The van der Waals surface area contributed by atoms with Gasteiger partial charge in [-0.05, 0) is 141 Å². The Hall–Kier alpha value is -9.62. The van der Waals surface area contributed by atoms with E-state index in [4.69, 9.17) is 35.3 Å². The third-order valence-electron chi connectivity index (χ3n) is 14.7. The number of hydrogen-bond donors (Lipinski definition) is 7. The van der Waals surface area contributed by atoms with Crippen molar-refractivity contribution < 1.29 is 81.6 Å². The van der Waals surface area contributed by atoms with Gasteiger partial charge in [0.05, 0.1) is 13.1 Å². The molecule has 0 heterocycles. The summed E-state index contributed by atoms with van der Waals surface area (Å²) in [7, 11) is -2.22. The molecule has 0 spiro atoms. The van der Waals surface area contributed by atoms with E-state index in [9.17, 15) is 57.8 Å². The highest BCUT2D eigenvalue weighted by Gasteiger charge is 2.34. The summed E-state index contributed by atoms with van der Waals surface area (Å²) < 4.78 is 21.5. The average molecular weight is 1500 g/mol. The summed E-state index contributed by atoms with van der Waals surface area (Å²) in [4.78, 5) is 139. The van der Waals surface area contributed by atoms with Crippen molar-refractivity contribution in [1.82, 2.24) is 36.4 Å². The van der Waals surface area contributed by atoms with E-state index in [1.807, 2.05) is 182 Å². The standard InChI is InChI=1S/C31H45N3O6Si.C28H37N3O6.C14H19NO4.C6H11ClO/c1-8-19-34(28(36)25(20-23-15-11-9-12-16-23)33-30(38)39-31(2,3)4)22-27(35)32-26(29(37)40-41(5,6)7)21-24-17-13-10-14-18-24;1-5-16-31(19-24(32)29-23(26(34)35)18-21-14-10-7-11-15-21)25(33)22(17-20-12-8-6-9-13-20)30-27(36)37-28(2,3)4;1-14(2,3)19-13(18)15-11(12(16)17)9-10-7-5-4-6-8-10;1-4-6(2,3)5(7)8/h9-18,25-26H,8,19-22H2,1-7H3,(H,32,35)(H,33,38);6-15,22-23H,5,16-19H2,1-4H3,(H,29,32)(H,30,36)(H,34,35);4-8,11H,9H2,1-3H3,(H,15,18)(H,16,17);4H2,1-3H3/t25-,26-;22-,23-;11-;/m000./s1. The van der Waals surface area contributed by atoms with Crippen LogP contribution >= 0.6 is 11.6 Å². The van der Waals surface area contributed by atoms with Gasteiger partial charge >= 0.3 is 36.2 Å². The normalized spacial score (nSPS) is 12.7. The zero-order valence-electron chi connectivity index (χ0n) is 64.1. The summed E-state index contributed by atoms with van der Waals surface area (Å²) in [6, 6.07) is 41.0. The first kappa shape index (κ1) is 91.5. The number of rotatable bonds is 31. The lowest BCUT2D eigenvalue weighted by Crippen LogP contribution is -2.54. The lowest BCUT2D eigenvalue weighted by atomic mass is 9.92. The summed E-state index contributed by atoms with van der Waals surface area (Å²) in [5.41, 5.74) is 1.67. The van der Waals surface area contributed by atoms with E-state index in [1.54, 1.807) is 86.6 Å². The van der Waals surface area contributed by atoms with Crippen LogP contribution in [0.3, 0.4) is 0 Å². The Morgan fingerprint density at radius 2 is 0.648 bits per heavy atom. The number of carbonyl (C=O) groups excluding carboxylic acids is 9. The first-order valence-corrected chi connectivity index (χ1v) is 38.9. The van der Waals surface area contributed by atoms with Gasteiger partial charge in [0.15, 0.2) is 0 Å². The Balaban J connectivity index is 0.000000533. The van der Waals surface area contributed by atoms with Crippen LogP contribution in [0.2, 0.25) is 19.6 Å². The molecule has 0 saturated carbocycles. The van der Waals surface area contributed by atoms with E-state index >= 15 is 0 Å². The Bertz CT molecular complexity index is 3530. The lowest BCUT2D eigenvalue weighted by molar-refractivity contribution is -0.143. The van der Waals surface area contributed by atoms with Gasteiger partial charge in [-0.15, -0.1) is 0 Å². The van der Waals surface area contributed by atoms with Crippen molar-refractivity contribution in [2.24, 2.45) is 5.41 Å². The van der Waals surface area contributed by atoms with Crippen LogP contribution in [0, 0.1) is 5.41 Å². The number of carboxylic acid groups (broad SMARTS) is 2. The molecule has 26 heteroatoms. The fraction of sp³-hybridized carbons (Fsp3) is 0.481. The van der Waals surface area contributed by atoms with Gasteiger partial charge in [-0.1, -0.05) is 186 Å². The van der Waals surface area contributed by atoms with Gasteiger partial charge < -0.3 is 65.2 Å². The number of hydrogen-bond acceptors (Lipinski definition) is 15. The molecule has 5 rings (SSSR count). The highest BCUT2D eigenvalue weighted by molar-refractivity contribution is 6.71. The quantitative estimate of drug-likeness (QED) is 0.0123. The molecule has 105 heavy (non-hydrogen) atoms. The summed E-state index contributed by atoms with van der Waals surface area (Å²) in [6.07, 6.45) is 0.786. The number of nitrogens with one attached hydrogen (secondary N) is 5. The molecule has 5 aromatic rings. The fourth-order valence-corrected chi connectivity index (χ4v) is 10.3. The van der Waals surface area contributed by atoms with E-state index < -0.39 is 115 Å². The molecule has 24 nitrogen and oxygen atoms in total. The summed E-state index contributed by atoms with van der Waals surface area (Å²) >= 11 is 5.23. The molecule has 0 bridgehead atoms. The third kappa shape index (κ3) is 40.3. The zero-order valence-corrected chi connectivity index (χ0v) is 65.9. The van der Waals surface area contributed by atoms with Crippen molar-refractivity contribution >= 4 is 85.0 Å². The minimum atomic E-state index is -2.22. The first-order valence-electron chi connectivity index (χ1n) is 35.2. The van der Waals surface area contributed by atoms with Crippen LogP contribution in [-0.4, -0.2) is 167 Å². The monoisotopic (exact) mass is 1490 g/mol. The van der Waals surface area contributed by atoms with Crippen LogP contribution in [0.5, 0.6) is 0 Å². The van der Waals surface area contributed by atoms with E-state index in [2.05, 4.69) is 26.6 Å². The fourth-order valence-electron chi connectivity index (χ4n) is 9.45. The van der Waals surface area contributed by atoms with Crippen LogP contribution in [0.4, 0.5) is 14.4 Å². The Morgan fingerprint density at radius 1 is 0.400 bits per heavy atom. The van der Waals surface area contributed by atoms with Gasteiger partial charge in [-0.25, -0.2) is 24.0 Å². The smallest absolute Gasteiger partial charge is 0.408 e.